The lowest BCUT2D eigenvalue weighted by Gasteiger charge is -2.25. The molecule has 0 bridgehead atoms. The van der Waals surface area contributed by atoms with Gasteiger partial charge < -0.3 is 15.7 Å². The molecule has 3 rings (SSSR count). The summed E-state index contributed by atoms with van der Waals surface area (Å²) >= 11 is 0. The number of halogens is 2. The van der Waals surface area contributed by atoms with E-state index in [9.17, 15) is 18.7 Å². The maximum absolute atomic E-state index is 13.7. The van der Waals surface area contributed by atoms with Gasteiger partial charge in [-0.25, -0.2) is 8.78 Å². The first-order chi connectivity index (χ1) is 16.3. The van der Waals surface area contributed by atoms with E-state index in [2.05, 4.69) is 29.7 Å². The van der Waals surface area contributed by atoms with E-state index in [4.69, 9.17) is 0 Å². The van der Waals surface area contributed by atoms with Crippen LogP contribution in [0, 0.1) is 18.6 Å². The quantitative estimate of drug-likeness (QED) is 0.396. The number of hydrogen-bond donors (Lipinski definition) is 3. The Morgan fingerprint density at radius 1 is 0.941 bits per heavy atom. The van der Waals surface area contributed by atoms with E-state index >= 15 is 0 Å². The third kappa shape index (κ3) is 7.75. The van der Waals surface area contributed by atoms with Crippen LogP contribution in [-0.2, 0) is 30.6 Å². The first-order valence-electron chi connectivity index (χ1n) is 11.6. The van der Waals surface area contributed by atoms with Crippen LogP contribution in [0.15, 0.2) is 66.7 Å². The first-order valence-corrected chi connectivity index (χ1v) is 11.6. The predicted molar refractivity (Wildman–Crippen MR) is 130 cm³/mol. The summed E-state index contributed by atoms with van der Waals surface area (Å²) < 4.78 is 27.4. The van der Waals surface area contributed by atoms with Crippen molar-refractivity contribution in [2.45, 2.75) is 51.8 Å². The van der Waals surface area contributed by atoms with Crippen molar-refractivity contribution in [3.63, 3.8) is 0 Å². The molecule has 0 fully saturated rings. The Hall–Kier alpha value is -3.09. The molecule has 0 saturated heterocycles. The highest BCUT2D eigenvalue weighted by molar-refractivity contribution is 5.79. The molecule has 34 heavy (non-hydrogen) atoms. The second-order valence-corrected chi connectivity index (χ2v) is 8.63. The van der Waals surface area contributed by atoms with Gasteiger partial charge in [-0.1, -0.05) is 55.5 Å². The van der Waals surface area contributed by atoms with Gasteiger partial charge in [0.25, 0.3) is 0 Å². The van der Waals surface area contributed by atoms with Gasteiger partial charge in [0.2, 0.25) is 5.91 Å². The van der Waals surface area contributed by atoms with Crippen LogP contribution in [0.25, 0.3) is 0 Å². The van der Waals surface area contributed by atoms with Gasteiger partial charge in [0.05, 0.1) is 18.6 Å². The molecule has 0 aliphatic rings. The zero-order valence-electron chi connectivity index (χ0n) is 19.7. The molecule has 6 heteroatoms. The molecule has 2 atom stereocenters. The summed E-state index contributed by atoms with van der Waals surface area (Å²) in [6.07, 6.45) is 0.240. The molecular weight excluding hydrogens is 434 g/mol. The van der Waals surface area contributed by atoms with E-state index in [1.807, 2.05) is 43.3 Å². The fourth-order valence-corrected chi connectivity index (χ4v) is 3.97. The van der Waals surface area contributed by atoms with Gasteiger partial charge in [-0.05, 0) is 59.7 Å². The maximum Gasteiger partial charge on any atom is 0.224 e. The second kappa shape index (κ2) is 12.4. The molecule has 0 unspecified atom stereocenters. The number of benzene rings is 3. The van der Waals surface area contributed by atoms with Gasteiger partial charge in [0.15, 0.2) is 0 Å². The molecule has 0 heterocycles. The number of carbonyl (C=O) groups excluding carboxylic acids is 1. The standard InChI is InChI=1S/C28H32F2N2O2/c1-3-20-8-6-9-21(11-20)17-31-18-27(33)26(14-22-12-24(29)16-25(30)13-22)32-28(34)15-23-10-5-4-7-19(23)2/h4-13,16,26-27,31,33H,3,14-15,17-18H2,1-2H3,(H,32,34)/t26-,27+/m0/s1. The summed E-state index contributed by atoms with van der Waals surface area (Å²) in [7, 11) is 0. The van der Waals surface area contributed by atoms with Crippen molar-refractivity contribution in [1.82, 2.24) is 10.6 Å². The number of nitrogens with one attached hydrogen (secondary N) is 2. The van der Waals surface area contributed by atoms with Gasteiger partial charge in [-0.15, -0.1) is 0 Å². The summed E-state index contributed by atoms with van der Waals surface area (Å²) in [5.74, 6) is -1.64. The van der Waals surface area contributed by atoms with Crippen LogP contribution >= 0.6 is 0 Å². The van der Waals surface area contributed by atoms with Crippen LogP contribution in [0.2, 0.25) is 0 Å². The highest BCUT2D eigenvalue weighted by atomic mass is 19.1. The van der Waals surface area contributed by atoms with Crippen LogP contribution in [0.3, 0.4) is 0 Å². The molecule has 0 aliphatic heterocycles. The largest absolute Gasteiger partial charge is 0.390 e. The third-order valence-corrected chi connectivity index (χ3v) is 5.88. The van der Waals surface area contributed by atoms with Gasteiger partial charge in [0, 0.05) is 19.2 Å². The Morgan fingerprint density at radius 3 is 2.35 bits per heavy atom. The third-order valence-electron chi connectivity index (χ3n) is 5.88. The fourth-order valence-electron chi connectivity index (χ4n) is 3.97. The number of carbonyl (C=O) groups is 1. The molecule has 3 N–H and O–H groups in total. The van der Waals surface area contributed by atoms with Crippen LogP contribution in [-0.4, -0.2) is 29.7 Å². The van der Waals surface area contributed by atoms with Crippen molar-refractivity contribution in [1.29, 1.82) is 0 Å². The first kappa shape index (κ1) is 25.5. The van der Waals surface area contributed by atoms with E-state index < -0.39 is 23.8 Å². The molecule has 3 aromatic carbocycles. The van der Waals surface area contributed by atoms with E-state index in [0.29, 0.717) is 12.1 Å². The van der Waals surface area contributed by atoms with E-state index in [1.54, 1.807) is 0 Å². The number of aliphatic hydroxyl groups excluding tert-OH is 1. The summed E-state index contributed by atoms with van der Waals surface area (Å²) in [5.41, 5.74) is 4.58. The Labute approximate surface area is 200 Å². The van der Waals surface area contributed by atoms with Crippen molar-refractivity contribution < 1.29 is 18.7 Å². The summed E-state index contributed by atoms with van der Waals surface area (Å²) in [4.78, 5) is 12.8. The average Bonchev–Trinajstić information content (AvgIpc) is 2.79. The molecule has 0 aromatic heterocycles. The number of aryl methyl sites for hydroxylation is 2. The lowest BCUT2D eigenvalue weighted by Crippen LogP contribution is -2.49. The SMILES string of the molecule is CCc1cccc(CNC[C@@H](O)[C@H](Cc2cc(F)cc(F)c2)NC(=O)Cc2ccccc2C)c1. The van der Waals surface area contributed by atoms with E-state index in [1.165, 1.54) is 17.7 Å². The lowest BCUT2D eigenvalue weighted by molar-refractivity contribution is -0.122. The monoisotopic (exact) mass is 466 g/mol. The Morgan fingerprint density at radius 2 is 1.65 bits per heavy atom. The molecule has 0 spiro atoms. The highest BCUT2D eigenvalue weighted by Gasteiger charge is 2.22. The molecule has 180 valence electrons. The minimum absolute atomic E-state index is 0.0996. The Kier molecular flexibility index (Phi) is 9.31. The molecule has 4 nitrogen and oxygen atoms in total. The van der Waals surface area contributed by atoms with Crippen molar-refractivity contribution in [3.8, 4) is 0 Å². The minimum atomic E-state index is -0.957. The molecule has 0 radical (unpaired) electrons. The van der Waals surface area contributed by atoms with Crippen LogP contribution in [0.4, 0.5) is 8.78 Å². The van der Waals surface area contributed by atoms with Gasteiger partial charge >= 0.3 is 0 Å². The number of amides is 1. The van der Waals surface area contributed by atoms with Crippen molar-refractivity contribution in [3.05, 3.63) is 106 Å². The number of aliphatic hydroxyl groups is 1. The maximum atomic E-state index is 13.7. The molecule has 1 amide bonds. The van der Waals surface area contributed by atoms with Crippen molar-refractivity contribution in [2.75, 3.05) is 6.54 Å². The smallest absolute Gasteiger partial charge is 0.224 e. The molecule has 0 aliphatic carbocycles. The van der Waals surface area contributed by atoms with Crippen molar-refractivity contribution in [2.24, 2.45) is 0 Å². The zero-order valence-corrected chi connectivity index (χ0v) is 19.7. The summed E-state index contributed by atoms with van der Waals surface area (Å²) in [6.45, 7) is 4.80. The fraction of sp³-hybridized carbons (Fsp3) is 0.321. The zero-order chi connectivity index (χ0) is 24.5. The van der Waals surface area contributed by atoms with Crippen LogP contribution in [0.1, 0.15) is 34.7 Å². The Balaban J connectivity index is 1.67. The Bertz CT molecular complexity index is 1080. The van der Waals surface area contributed by atoms with E-state index in [0.717, 1.165) is 29.2 Å². The summed E-state index contributed by atoms with van der Waals surface area (Å²) in [6, 6.07) is 18.3. The normalized spacial score (nSPS) is 12.9. The minimum Gasteiger partial charge on any atom is -0.390 e. The van der Waals surface area contributed by atoms with Gasteiger partial charge in [-0.3, -0.25) is 4.79 Å². The van der Waals surface area contributed by atoms with Gasteiger partial charge in [-0.2, -0.15) is 0 Å². The lowest BCUT2D eigenvalue weighted by atomic mass is 9.99. The average molecular weight is 467 g/mol. The number of rotatable bonds is 11. The highest BCUT2D eigenvalue weighted by Crippen LogP contribution is 2.13. The van der Waals surface area contributed by atoms with Crippen LogP contribution < -0.4 is 10.6 Å². The second-order valence-electron chi connectivity index (χ2n) is 8.63. The van der Waals surface area contributed by atoms with E-state index in [-0.39, 0.29) is 25.3 Å². The topological polar surface area (TPSA) is 61.4 Å². The molecular formula is C28H32F2N2O2. The van der Waals surface area contributed by atoms with Gasteiger partial charge in [0.1, 0.15) is 11.6 Å². The summed E-state index contributed by atoms with van der Waals surface area (Å²) in [5, 5.41) is 17.0. The van der Waals surface area contributed by atoms with Crippen LogP contribution in [0.5, 0.6) is 0 Å². The molecule has 3 aromatic rings. The predicted octanol–water partition coefficient (Wildman–Crippen LogP) is 4.26. The molecule has 0 saturated carbocycles. The van der Waals surface area contributed by atoms with Crippen molar-refractivity contribution >= 4 is 5.91 Å². The number of hydrogen-bond acceptors (Lipinski definition) is 3.